The lowest BCUT2D eigenvalue weighted by Crippen LogP contribution is -2.50. The van der Waals surface area contributed by atoms with Crippen LogP contribution in [0.4, 0.5) is 0 Å². The zero-order valence-electron chi connectivity index (χ0n) is 16.6. The molecule has 5 nitrogen and oxygen atoms in total. The van der Waals surface area contributed by atoms with Gasteiger partial charge in [0.25, 0.3) is 0 Å². The van der Waals surface area contributed by atoms with E-state index in [1.807, 2.05) is 24.3 Å². The second kappa shape index (κ2) is 10.4. The molecule has 0 bridgehead atoms. The van der Waals surface area contributed by atoms with Crippen molar-refractivity contribution in [3.63, 3.8) is 0 Å². The Morgan fingerprint density at radius 1 is 1.11 bits per heavy atom. The lowest BCUT2D eigenvalue weighted by molar-refractivity contribution is 0.0102. The van der Waals surface area contributed by atoms with Crippen LogP contribution in [0.3, 0.4) is 0 Å². The van der Waals surface area contributed by atoms with E-state index < -0.39 is 0 Å². The second-order valence-electron chi connectivity index (χ2n) is 6.97. The van der Waals surface area contributed by atoms with Gasteiger partial charge in [0, 0.05) is 25.7 Å². The van der Waals surface area contributed by atoms with Gasteiger partial charge in [0.1, 0.15) is 5.75 Å². The molecule has 150 valence electrons. The molecule has 1 saturated heterocycles. The molecule has 2 N–H and O–H groups in total. The molecule has 1 aliphatic heterocycles. The number of rotatable bonds is 7. The van der Waals surface area contributed by atoms with Crippen LogP contribution in [0.5, 0.6) is 5.75 Å². The maximum Gasteiger partial charge on any atom is 0.166 e. The molecule has 2 aromatic rings. The molecule has 2 aromatic carbocycles. The van der Waals surface area contributed by atoms with Gasteiger partial charge in [0.2, 0.25) is 0 Å². The van der Waals surface area contributed by atoms with Gasteiger partial charge in [-0.2, -0.15) is 0 Å². The lowest BCUT2D eigenvalue weighted by Gasteiger charge is -2.38. The third-order valence-electron chi connectivity index (χ3n) is 5.02. The summed E-state index contributed by atoms with van der Waals surface area (Å²) in [5, 5.41) is 7.46. The molecule has 1 fully saturated rings. The van der Waals surface area contributed by atoms with Gasteiger partial charge in [-0.3, -0.25) is 4.90 Å². The van der Waals surface area contributed by atoms with Crippen molar-refractivity contribution >= 4 is 17.3 Å². The first-order chi connectivity index (χ1) is 13.7. The molecule has 6 heteroatoms. The predicted molar refractivity (Wildman–Crippen MR) is 117 cm³/mol. The van der Waals surface area contributed by atoms with E-state index in [0.717, 1.165) is 37.6 Å². The third-order valence-corrected chi connectivity index (χ3v) is 5.29. The number of nitrogens with zero attached hydrogens (tertiary/aromatic N) is 1. The van der Waals surface area contributed by atoms with Crippen molar-refractivity contribution < 1.29 is 9.47 Å². The van der Waals surface area contributed by atoms with Crippen LogP contribution in [0.15, 0.2) is 54.6 Å². The molecule has 0 unspecified atom stereocenters. The normalized spacial score (nSPS) is 16.8. The summed E-state index contributed by atoms with van der Waals surface area (Å²) in [5.41, 5.74) is 2.45. The van der Waals surface area contributed by atoms with Crippen molar-refractivity contribution in [2.24, 2.45) is 0 Å². The van der Waals surface area contributed by atoms with E-state index in [0.29, 0.717) is 11.7 Å². The Morgan fingerprint density at radius 2 is 1.79 bits per heavy atom. The van der Waals surface area contributed by atoms with Crippen molar-refractivity contribution in [3.05, 3.63) is 65.7 Å². The van der Waals surface area contributed by atoms with Crippen LogP contribution in [-0.2, 0) is 11.3 Å². The number of benzene rings is 2. The maximum atomic E-state index is 5.56. The SMILES string of the molecule is COc1ccc(CNC(=S)N[C@@H](C)[C@H](c2ccccc2)N2CCOCC2)cc1. The van der Waals surface area contributed by atoms with Crippen LogP contribution < -0.4 is 15.4 Å². The Hall–Kier alpha value is -2.15. The zero-order chi connectivity index (χ0) is 19.8. The standard InChI is InChI=1S/C22H29N3O2S/c1-17(24-22(28)23-16-18-8-10-20(26-2)11-9-18)21(19-6-4-3-5-7-19)25-12-14-27-15-13-25/h3-11,17,21H,12-16H2,1-2H3,(H2,23,24,28)/t17-,21+/m0/s1. The number of thiocarbonyl (C=S) groups is 1. The topological polar surface area (TPSA) is 45.8 Å². The van der Waals surface area contributed by atoms with Crippen LogP contribution in [0, 0.1) is 0 Å². The summed E-state index contributed by atoms with van der Waals surface area (Å²) in [6.07, 6.45) is 0. The molecule has 0 spiro atoms. The average molecular weight is 400 g/mol. The Kier molecular flexibility index (Phi) is 7.65. The molecule has 1 heterocycles. The smallest absolute Gasteiger partial charge is 0.166 e. The van der Waals surface area contributed by atoms with Crippen molar-refractivity contribution in [3.8, 4) is 5.75 Å². The Labute approximate surface area is 173 Å². The van der Waals surface area contributed by atoms with Crippen molar-refractivity contribution in [2.75, 3.05) is 33.4 Å². The quantitative estimate of drug-likeness (QED) is 0.698. The van der Waals surface area contributed by atoms with Gasteiger partial charge in [-0.25, -0.2) is 0 Å². The van der Waals surface area contributed by atoms with Gasteiger partial charge < -0.3 is 20.1 Å². The Balaban J connectivity index is 1.60. The first-order valence-electron chi connectivity index (χ1n) is 9.71. The zero-order valence-corrected chi connectivity index (χ0v) is 17.4. The van der Waals surface area contributed by atoms with E-state index in [1.165, 1.54) is 5.56 Å². The van der Waals surface area contributed by atoms with E-state index in [2.05, 4.69) is 52.8 Å². The molecule has 0 saturated carbocycles. The van der Waals surface area contributed by atoms with E-state index in [9.17, 15) is 0 Å². The fourth-order valence-corrected chi connectivity index (χ4v) is 3.84. The van der Waals surface area contributed by atoms with E-state index in [1.54, 1.807) is 7.11 Å². The Morgan fingerprint density at radius 3 is 2.43 bits per heavy atom. The lowest BCUT2D eigenvalue weighted by atomic mass is 9.98. The maximum absolute atomic E-state index is 5.56. The number of hydrogen-bond donors (Lipinski definition) is 2. The molecule has 0 aromatic heterocycles. The highest BCUT2D eigenvalue weighted by Crippen LogP contribution is 2.25. The largest absolute Gasteiger partial charge is 0.497 e. The highest BCUT2D eigenvalue weighted by Gasteiger charge is 2.28. The van der Waals surface area contributed by atoms with Crippen molar-refractivity contribution in [2.45, 2.75) is 25.6 Å². The molecule has 28 heavy (non-hydrogen) atoms. The fraction of sp³-hybridized carbons (Fsp3) is 0.409. The van der Waals surface area contributed by atoms with Crippen LogP contribution >= 0.6 is 12.2 Å². The van der Waals surface area contributed by atoms with E-state index in [4.69, 9.17) is 21.7 Å². The summed E-state index contributed by atoms with van der Waals surface area (Å²) in [6.45, 7) is 6.27. The highest BCUT2D eigenvalue weighted by molar-refractivity contribution is 7.80. The number of ether oxygens (including phenoxy) is 2. The average Bonchev–Trinajstić information content (AvgIpc) is 2.74. The van der Waals surface area contributed by atoms with Crippen molar-refractivity contribution in [1.29, 1.82) is 0 Å². The molecular weight excluding hydrogens is 370 g/mol. The summed E-state index contributed by atoms with van der Waals surface area (Å²) >= 11 is 5.56. The van der Waals surface area contributed by atoms with Crippen LogP contribution in [0.2, 0.25) is 0 Å². The first-order valence-corrected chi connectivity index (χ1v) is 10.1. The van der Waals surface area contributed by atoms with Gasteiger partial charge in [0.15, 0.2) is 5.11 Å². The van der Waals surface area contributed by atoms with E-state index in [-0.39, 0.29) is 12.1 Å². The summed E-state index contributed by atoms with van der Waals surface area (Å²) < 4.78 is 10.7. The summed E-state index contributed by atoms with van der Waals surface area (Å²) in [7, 11) is 1.67. The fourth-order valence-electron chi connectivity index (χ4n) is 3.58. The molecule has 2 atom stereocenters. The van der Waals surface area contributed by atoms with Gasteiger partial charge in [-0.1, -0.05) is 42.5 Å². The van der Waals surface area contributed by atoms with Gasteiger partial charge in [0.05, 0.1) is 26.4 Å². The van der Waals surface area contributed by atoms with Gasteiger partial charge in [-0.05, 0) is 42.4 Å². The first kappa shape index (κ1) is 20.6. The number of nitrogens with one attached hydrogen (secondary N) is 2. The molecule has 0 radical (unpaired) electrons. The minimum absolute atomic E-state index is 0.163. The summed E-state index contributed by atoms with van der Waals surface area (Å²) in [6, 6.07) is 19.0. The second-order valence-corrected chi connectivity index (χ2v) is 7.38. The molecule has 0 aliphatic carbocycles. The summed E-state index contributed by atoms with van der Waals surface area (Å²) in [4.78, 5) is 2.47. The van der Waals surface area contributed by atoms with Crippen LogP contribution in [0.25, 0.3) is 0 Å². The number of methoxy groups -OCH3 is 1. The third kappa shape index (κ3) is 5.67. The van der Waals surface area contributed by atoms with E-state index >= 15 is 0 Å². The highest BCUT2D eigenvalue weighted by atomic mass is 32.1. The van der Waals surface area contributed by atoms with Crippen LogP contribution in [0.1, 0.15) is 24.1 Å². The molecule has 3 rings (SSSR count). The van der Waals surface area contributed by atoms with Crippen molar-refractivity contribution in [1.82, 2.24) is 15.5 Å². The number of morpholine rings is 1. The minimum atomic E-state index is 0.163. The predicted octanol–water partition coefficient (Wildman–Crippen LogP) is 3.12. The molecule has 0 amide bonds. The van der Waals surface area contributed by atoms with Gasteiger partial charge in [-0.15, -0.1) is 0 Å². The summed E-state index contributed by atoms with van der Waals surface area (Å²) in [5.74, 6) is 0.856. The minimum Gasteiger partial charge on any atom is -0.497 e. The monoisotopic (exact) mass is 399 g/mol. The molecule has 1 aliphatic rings. The number of hydrogen-bond acceptors (Lipinski definition) is 4. The van der Waals surface area contributed by atoms with Gasteiger partial charge >= 0.3 is 0 Å². The molecular formula is C22H29N3O2S. The Bertz CT molecular complexity index is 733. The van der Waals surface area contributed by atoms with Crippen LogP contribution in [-0.4, -0.2) is 49.5 Å².